The van der Waals surface area contributed by atoms with Crippen LogP contribution in [-0.2, 0) is 20.7 Å². The van der Waals surface area contributed by atoms with Crippen molar-refractivity contribution in [2.45, 2.75) is 65.0 Å². The average molecular weight is 537 g/mol. The summed E-state index contributed by atoms with van der Waals surface area (Å²) in [7, 11) is 1.37. The molecule has 0 bridgehead atoms. The van der Waals surface area contributed by atoms with E-state index in [9.17, 15) is 9.59 Å². The molecule has 1 aromatic heterocycles. The monoisotopic (exact) mass is 536 g/mol. The minimum Gasteiger partial charge on any atom is -0.469 e. The molecule has 2 aliphatic heterocycles. The third kappa shape index (κ3) is 7.96. The highest BCUT2D eigenvalue weighted by molar-refractivity contribution is 5.90. The second-order valence-electron chi connectivity index (χ2n) is 11.1. The number of piperidine rings is 2. The maximum Gasteiger partial charge on any atom is 0.415 e. The molecule has 2 saturated heterocycles. The first kappa shape index (κ1) is 28.9. The standard InChI is InChI=1S/C31H44N4O4/c1-21-8-9-25(26-17-27(34-19-26)16-24-10-13-32-14-11-24)18-28(21)35(20-23(3)22(2)15-30(36)38-4)31(37)39-29-7-5-6-12-33-29/h8-9,17-19,23-24,29,32-34H,2,5-7,10-16,20H2,1,3-4H3. The van der Waals surface area contributed by atoms with Crippen molar-refractivity contribution >= 4 is 17.7 Å². The summed E-state index contributed by atoms with van der Waals surface area (Å²) in [4.78, 5) is 30.6. The molecule has 3 N–H and O–H groups in total. The molecule has 3 heterocycles. The number of hydrogen-bond donors (Lipinski definition) is 3. The second kappa shape index (κ2) is 13.8. The van der Waals surface area contributed by atoms with Crippen LogP contribution >= 0.6 is 0 Å². The minimum atomic E-state index is -0.395. The summed E-state index contributed by atoms with van der Waals surface area (Å²) >= 11 is 0. The molecule has 2 aromatic rings. The predicted molar refractivity (Wildman–Crippen MR) is 155 cm³/mol. The van der Waals surface area contributed by atoms with E-state index in [1.807, 2.05) is 13.8 Å². The third-order valence-electron chi connectivity index (χ3n) is 8.02. The van der Waals surface area contributed by atoms with Gasteiger partial charge < -0.3 is 19.8 Å². The van der Waals surface area contributed by atoms with Crippen LogP contribution in [0.25, 0.3) is 11.1 Å². The third-order valence-corrected chi connectivity index (χ3v) is 8.02. The average Bonchev–Trinajstić information content (AvgIpc) is 3.41. The molecule has 1 amide bonds. The van der Waals surface area contributed by atoms with Gasteiger partial charge in [0.15, 0.2) is 6.23 Å². The lowest BCUT2D eigenvalue weighted by atomic mass is 9.93. The van der Waals surface area contributed by atoms with Gasteiger partial charge in [-0.3, -0.25) is 15.0 Å². The van der Waals surface area contributed by atoms with Gasteiger partial charge in [0.25, 0.3) is 0 Å². The fourth-order valence-electron chi connectivity index (χ4n) is 5.41. The molecule has 0 saturated carbocycles. The van der Waals surface area contributed by atoms with Crippen molar-refractivity contribution in [2.24, 2.45) is 11.8 Å². The van der Waals surface area contributed by atoms with Crippen molar-refractivity contribution in [2.75, 3.05) is 38.2 Å². The first-order valence-corrected chi connectivity index (χ1v) is 14.3. The Balaban J connectivity index is 1.56. The lowest BCUT2D eigenvalue weighted by Gasteiger charge is -2.31. The van der Waals surface area contributed by atoms with Crippen LogP contribution in [0.3, 0.4) is 0 Å². The number of nitrogens with zero attached hydrogens (tertiary/aromatic N) is 1. The van der Waals surface area contributed by atoms with E-state index in [1.165, 1.54) is 25.6 Å². The van der Waals surface area contributed by atoms with Crippen LogP contribution in [-0.4, -0.2) is 56.6 Å². The fourth-order valence-corrected chi connectivity index (χ4v) is 5.41. The summed E-state index contributed by atoms with van der Waals surface area (Å²) in [6, 6.07) is 8.45. The predicted octanol–water partition coefficient (Wildman–Crippen LogP) is 5.33. The van der Waals surface area contributed by atoms with E-state index in [1.54, 1.807) is 4.90 Å². The van der Waals surface area contributed by atoms with Gasteiger partial charge in [-0.2, -0.15) is 0 Å². The van der Waals surface area contributed by atoms with Crippen LogP contribution in [0.15, 0.2) is 42.6 Å². The van der Waals surface area contributed by atoms with E-state index >= 15 is 0 Å². The number of amides is 1. The molecule has 212 valence electrons. The van der Waals surface area contributed by atoms with Crippen molar-refractivity contribution < 1.29 is 19.1 Å². The Hall–Kier alpha value is -3.10. The zero-order valence-corrected chi connectivity index (χ0v) is 23.7. The number of esters is 1. The van der Waals surface area contributed by atoms with Crippen molar-refractivity contribution in [3.8, 4) is 11.1 Å². The number of hydrogen-bond acceptors (Lipinski definition) is 6. The van der Waals surface area contributed by atoms with Crippen LogP contribution in [0, 0.1) is 18.8 Å². The number of benzene rings is 1. The Morgan fingerprint density at radius 3 is 2.62 bits per heavy atom. The highest BCUT2D eigenvalue weighted by Crippen LogP contribution is 2.31. The Bertz CT molecular complexity index is 1130. The highest BCUT2D eigenvalue weighted by Gasteiger charge is 2.27. The van der Waals surface area contributed by atoms with Gasteiger partial charge in [-0.05, 0) is 106 Å². The van der Waals surface area contributed by atoms with E-state index < -0.39 is 6.09 Å². The molecule has 2 unspecified atom stereocenters. The normalized spacial score (nSPS) is 18.8. The summed E-state index contributed by atoms with van der Waals surface area (Å²) in [6.07, 6.45) is 7.84. The first-order valence-electron chi connectivity index (χ1n) is 14.3. The smallest absolute Gasteiger partial charge is 0.415 e. The van der Waals surface area contributed by atoms with E-state index in [4.69, 9.17) is 9.47 Å². The van der Waals surface area contributed by atoms with E-state index in [-0.39, 0.29) is 24.5 Å². The topological polar surface area (TPSA) is 95.7 Å². The Morgan fingerprint density at radius 1 is 1.10 bits per heavy atom. The Kier molecular flexibility index (Phi) is 10.2. The number of carbonyl (C=O) groups is 2. The maximum atomic E-state index is 13.6. The van der Waals surface area contributed by atoms with E-state index in [2.05, 4.69) is 52.7 Å². The highest BCUT2D eigenvalue weighted by atomic mass is 16.6. The summed E-state index contributed by atoms with van der Waals surface area (Å²) in [5, 5.41) is 6.73. The molecule has 2 atom stereocenters. The van der Waals surface area contributed by atoms with E-state index in [0.717, 1.165) is 73.3 Å². The van der Waals surface area contributed by atoms with Gasteiger partial charge in [0.1, 0.15) is 0 Å². The first-order chi connectivity index (χ1) is 18.8. The van der Waals surface area contributed by atoms with Gasteiger partial charge >= 0.3 is 12.1 Å². The molecule has 8 nitrogen and oxygen atoms in total. The number of aryl methyl sites for hydroxylation is 1. The molecule has 0 radical (unpaired) electrons. The van der Waals surface area contributed by atoms with Gasteiger partial charge in [-0.1, -0.05) is 31.2 Å². The maximum absolute atomic E-state index is 13.6. The van der Waals surface area contributed by atoms with Crippen LogP contribution < -0.4 is 15.5 Å². The lowest BCUT2D eigenvalue weighted by Crippen LogP contribution is -2.43. The molecule has 2 aliphatic rings. The fraction of sp³-hybridized carbons (Fsp3) is 0.548. The number of nitrogens with one attached hydrogen (secondary N) is 3. The summed E-state index contributed by atoms with van der Waals surface area (Å²) in [5.74, 6) is 0.228. The summed E-state index contributed by atoms with van der Waals surface area (Å²) < 4.78 is 10.7. The zero-order chi connectivity index (χ0) is 27.8. The van der Waals surface area contributed by atoms with Gasteiger partial charge in [0.05, 0.1) is 19.2 Å². The number of H-pyrrole nitrogens is 1. The number of aromatic nitrogens is 1. The Labute approximate surface area is 232 Å². The van der Waals surface area contributed by atoms with Crippen molar-refractivity contribution in [1.82, 2.24) is 15.6 Å². The van der Waals surface area contributed by atoms with Crippen LogP contribution in [0.5, 0.6) is 0 Å². The lowest BCUT2D eigenvalue weighted by molar-refractivity contribution is -0.139. The largest absolute Gasteiger partial charge is 0.469 e. The molecule has 8 heteroatoms. The molecule has 39 heavy (non-hydrogen) atoms. The Morgan fingerprint density at radius 2 is 1.90 bits per heavy atom. The number of carbonyl (C=O) groups excluding carboxylic acids is 2. The number of aromatic amines is 1. The molecule has 4 rings (SSSR count). The molecular formula is C31H44N4O4. The minimum absolute atomic E-state index is 0.118. The van der Waals surface area contributed by atoms with Crippen molar-refractivity contribution in [3.05, 3.63) is 53.9 Å². The number of anilines is 1. The van der Waals surface area contributed by atoms with Gasteiger partial charge in [0.2, 0.25) is 0 Å². The second-order valence-corrected chi connectivity index (χ2v) is 11.1. The van der Waals surface area contributed by atoms with Crippen LogP contribution in [0.2, 0.25) is 0 Å². The quantitative estimate of drug-likeness (QED) is 0.281. The number of methoxy groups -OCH3 is 1. The molecule has 1 aromatic carbocycles. The van der Waals surface area contributed by atoms with Gasteiger partial charge in [0, 0.05) is 18.4 Å². The molecule has 0 aliphatic carbocycles. The summed E-state index contributed by atoms with van der Waals surface area (Å²) in [5.41, 5.74) is 5.88. The van der Waals surface area contributed by atoms with Crippen molar-refractivity contribution in [1.29, 1.82) is 0 Å². The van der Waals surface area contributed by atoms with Crippen LogP contribution in [0.1, 0.15) is 56.7 Å². The summed E-state index contributed by atoms with van der Waals surface area (Å²) in [6.45, 7) is 11.4. The zero-order valence-electron chi connectivity index (χ0n) is 23.7. The van der Waals surface area contributed by atoms with Crippen LogP contribution in [0.4, 0.5) is 10.5 Å². The van der Waals surface area contributed by atoms with Gasteiger partial charge in [-0.15, -0.1) is 0 Å². The SMILES string of the molecule is C=C(CC(=O)OC)C(C)CN(C(=O)OC1CCCCN1)c1cc(-c2c[nH]c(CC3CCNCC3)c2)ccc1C. The van der Waals surface area contributed by atoms with E-state index in [0.29, 0.717) is 12.5 Å². The molecule has 0 spiro atoms. The molecular weight excluding hydrogens is 492 g/mol. The molecule has 2 fully saturated rings. The van der Waals surface area contributed by atoms with Gasteiger partial charge in [-0.25, -0.2) is 4.79 Å². The number of ether oxygens (including phenoxy) is 2. The number of rotatable bonds is 10. The van der Waals surface area contributed by atoms with Crippen molar-refractivity contribution in [3.63, 3.8) is 0 Å².